The molecule has 50 heavy (non-hydrogen) atoms. The fourth-order valence-electron chi connectivity index (χ4n) is 7.78. The van der Waals surface area contributed by atoms with Crippen molar-refractivity contribution >= 4 is 38.8 Å². The highest BCUT2D eigenvalue weighted by atomic mass is 15.0. The number of hydrogen-bond donors (Lipinski definition) is 0. The molecule has 0 atom stereocenters. The van der Waals surface area contributed by atoms with E-state index in [4.69, 9.17) is 0 Å². The van der Waals surface area contributed by atoms with Gasteiger partial charge in [0.1, 0.15) is 0 Å². The first kappa shape index (κ1) is 29.0. The summed E-state index contributed by atoms with van der Waals surface area (Å²) in [5, 5.41) is 33.8. The van der Waals surface area contributed by atoms with Crippen molar-refractivity contribution in [1.29, 1.82) is 15.8 Å². The third-order valence-corrected chi connectivity index (χ3v) is 9.93. The summed E-state index contributed by atoms with van der Waals surface area (Å²) >= 11 is 0. The van der Waals surface area contributed by atoms with Crippen LogP contribution in [0.5, 0.6) is 0 Å². The van der Waals surface area contributed by atoms with Crippen molar-refractivity contribution in [3.05, 3.63) is 161 Å². The van der Waals surface area contributed by atoms with E-state index in [0.29, 0.717) is 17.5 Å². The Kier molecular flexibility index (Phi) is 6.70. The lowest BCUT2D eigenvalue weighted by Crippen LogP contribution is -2.06. The van der Waals surface area contributed by atoms with E-state index in [2.05, 4.69) is 124 Å². The fourth-order valence-corrected chi connectivity index (χ4v) is 7.78. The molecule has 0 radical (unpaired) electrons. The summed E-state index contributed by atoms with van der Waals surface area (Å²) in [4.78, 5) is 0. The largest absolute Gasteiger partial charge is 0.312 e. The number of benzene rings is 6. The molecule has 0 saturated heterocycles. The molecule has 0 aliphatic heterocycles. The predicted octanol–water partition coefficient (Wildman–Crippen LogP) is 10.7. The van der Waals surface area contributed by atoms with E-state index in [1.165, 1.54) is 10.8 Å². The molecule has 1 aliphatic carbocycles. The number of fused-ring (bicyclic) bond motifs is 6. The Morgan fingerprint density at radius 2 is 1.14 bits per heavy atom. The summed E-state index contributed by atoms with van der Waals surface area (Å²) < 4.78 is 4.58. The van der Waals surface area contributed by atoms with Gasteiger partial charge in [0.2, 0.25) is 0 Å². The first-order valence-corrected chi connectivity index (χ1v) is 16.6. The van der Waals surface area contributed by atoms with Crippen LogP contribution in [0.2, 0.25) is 0 Å². The number of nitriles is 3. The number of allylic oxidation sites excluding steroid dienone is 1. The average molecular weight is 638 g/mol. The molecule has 0 amide bonds. The number of rotatable bonds is 4. The molecule has 0 spiro atoms. The fraction of sp³-hybridized carbons (Fsp3) is 0.0444. The van der Waals surface area contributed by atoms with Crippen LogP contribution in [0.25, 0.3) is 72.4 Å². The number of nitrogens with zero attached hydrogens (tertiary/aromatic N) is 5. The second-order valence-electron chi connectivity index (χ2n) is 12.6. The molecule has 6 aromatic carbocycles. The third kappa shape index (κ3) is 4.37. The van der Waals surface area contributed by atoms with E-state index in [1.807, 2.05) is 36.4 Å². The van der Waals surface area contributed by atoms with Gasteiger partial charge in [-0.25, -0.2) is 0 Å². The zero-order valence-corrected chi connectivity index (χ0v) is 26.9. The van der Waals surface area contributed by atoms with Gasteiger partial charge in [0.05, 0.1) is 51.6 Å². The van der Waals surface area contributed by atoms with Gasteiger partial charge in [-0.05, 0) is 78.6 Å². The van der Waals surface area contributed by atoms with Crippen molar-refractivity contribution < 1.29 is 0 Å². The number of hydrogen-bond acceptors (Lipinski definition) is 3. The highest BCUT2D eigenvalue weighted by Gasteiger charge is 2.24. The van der Waals surface area contributed by atoms with Crippen LogP contribution in [0.4, 0.5) is 0 Å². The van der Waals surface area contributed by atoms with Crippen LogP contribution in [-0.4, -0.2) is 9.13 Å². The maximum atomic E-state index is 10.5. The highest BCUT2D eigenvalue weighted by molar-refractivity contribution is 6.09. The van der Waals surface area contributed by atoms with Crippen molar-refractivity contribution in [1.82, 2.24) is 9.13 Å². The van der Waals surface area contributed by atoms with E-state index < -0.39 is 0 Å². The number of para-hydroxylation sites is 4. The van der Waals surface area contributed by atoms with Crippen LogP contribution in [0.3, 0.4) is 0 Å². The molecule has 232 valence electrons. The topological polar surface area (TPSA) is 81.2 Å². The molecule has 5 nitrogen and oxygen atoms in total. The molecular formula is C45H27N5. The zero-order valence-electron chi connectivity index (χ0n) is 26.9. The second kappa shape index (κ2) is 11.5. The van der Waals surface area contributed by atoms with Crippen LogP contribution >= 0.6 is 0 Å². The number of aromatic nitrogens is 2. The Bertz CT molecular complexity index is 2790. The molecule has 0 bridgehead atoms. The van der Waals surface area contributed by atoms with E-state index in [-0.39, 0.29) is 0 Å². The van der Waals surface area contributed by atoms with Crippen molar-refractivity contribution in [3.63, 3.8) is 0 Å². The first-order valence-electron chi connectivity index (χ1n) is 16.6. The van der Waals surface area contributed by atoms with Crippen LogP contribution in [0.1, 0.15) is 28.8 Å². The monoisotopic (exact) mass is 637 g/mol. The molecule has 2 aromatic heterocycles. The molecule has 8 aromatic rings. The van der Waals surface area contributed by atoms with E-state index in [9.17, 15) is 15.8 Å². The third-order valence-electron chi connectivity index (χ3n) is 9.93. The molecule has 0 N–H and O–H groups in total. The minimum Gasteiger partial charge on any atom is -0.312 e. The van der Waals surface area contributed by atoms with E-state index in [0.717, 1.165) is 78.8 Å². The molecule has 0 fully saturated rings. The van der Waals surface area contributed by atoms with Crippen LogP contribution < -0.4 is 0 Å². The molecule has 1 aliphatic rings. The SMILES string of the molecule is N#CC1=Cc2c(n(-c3ccccc3-c3cc(C#N)cc(C#N)c3-c3ccc(-n4c5ccccc5c5ccccc54)cc3)c3ccccc23)CC1. The van der Waals surface area contributed by atoms with Crippen LogP contribution in [0, 0.1) is 34.0 Å². The minimum atomic E-state index is 0.429. The summed E-state index contributed by atoms with van der Waals surface area (Å²) in [6.07, 6.45) is 3.43. The minimum absolute atomic E-state index is 0.429. The van der Waals surface area contributed by atoms with Crippen LogP contribution in [-0.2, 0) is 6.42 Å². The predicted molar refractivity (Wildman–Crippen MR) is 200 cm³/mol. The molecular weight excluding hydrogens is 611 g/mol. The molecule has 9 rings (SSSR count). The summed E-state index contributed by atoms with van der Waals surface area (Å²) in [5.74, 6) is 0. The Hall–Kier alpha value is -7.13. The van der Waals surface area contributed by atoms with Crippen molar-refractivity contribution in [2.75, 3.05) is 0 Å². The standard InChI is InChI=1S/C45H27N5/c46-26-29-17-22-44-38(24-29)36-11-3-7-15-42(36)50(44)43-16-8-4-12-37(43)39-25-30(27-47)23-32(28-48)45(39)31-18-20-33(21-19-31)49-40-13-5-1-9-34(40)35-10-2-6-14-41(35)49/h1-16,18-21,23-25H,17,22H2. The summed E-state index contributed by atoms with van der Waals surface area (Å²) in [6, 6.07) is 52.4. The second-order valence-corrected chi connectivity index (χ2v) is 12.6. The van der Waals surface area contributed by atoms with Gasteiger partial charge in [0, 0.05) is 49.8 Å². The van der Waals surface area contributed by atoms with Crippen LogP contribution in [0.15, 0.2) is 139 Å². The van der Waals surface area contributed by atoms with Gasteiger partial charge in [-0.2, -0.15) is 15.8 Å². The summed E-state index contributed by atoms with van der Waals surface area (Å²) in [5.41, 5.74) is 12.6. The lowest BCUT2D eigenvalue weighted by Gasteiger charge is -2.20. The van der Waals surface area contributed by atoms with Gasteiger partial charge < -0.3 is 9.13 Å². The normalized spacial score (nSPS) is 12.3. The maximum Gasteiger partial charge on any atom is 0.0998 e. The average Bonchev–Trinajstić information content (AvgIpc) is 3.70. The summed E-state index contributed by atoms with van der Waals surface area (Å²) in [7, 11) is 0. The Labute approximate surface area is 289 Å². The Morgan fingerprint density at radius 3 is 1.80 bits per heavy atom. The van der Waals surface area contributed by atoms with Gasteiger partial charge >= 0.3 is 0 Å². The maximum absolute atomic E-state index is 10.5. The van der Waals surface area contributed by atoms with Crippen molar-refractivity contribution in [2.24, 2.45) is 0 Å². The van der Waals surface area contributed by atoms with Gasteiger partial charge in [0.15, 0.2) is 0 Å². The Balaban J connectivity index is 1.26. The summed E-state index contributed by atoms with van der Waals surface area (Å²) in [6.45, 7) is 0. The lowest BCUT2D eigenvalue weighted by atomic mass is 9.88. The molecule has 0 saturated carbocycles. The zero-order chi connectivity index (χ0) is 33.8. The van der Waals surface area contributed by atoms with Crippen molar-refractivity contribution in [2.45, 2.75) is 12.8 Å². The Morgan fingerprint density at radius 1 is 0.520 bits per heavy atom. The van der Waals surface area contributed by atoms with Gasteiger partial charge in [-0.15, -0.1) is 0 Å². The van der Waals surface area contributed by atoms with Gasteiger partial charge in [0.25, 0.3) is 0 Å². The molecule has 2 heterocycles. The van der Waals surface area contributed by atoms with E-state index in [1.54, 1.807) is 6.07 Å². The molecule has 0 unspecified atom stereocenters. The first-order chi connectivity index (χ1) is 24.7. The smallest absolute Gasteiger partial charge is 0.0998 e. The molecule has 5 heteroatoms. The van der Waals surface area contributed by atoms with E-state index >= 15 is 0 Å². The van der Waals surface area contributed by atoms with Gasteiger partial charge in [-0.3, -0.25) is 0 Å². The van der Waals surface area contributed by atoms with Crippen molar-refractivity contribution in [3.8, 4) is 51.8 Å². The quantitative estimate of drug-likeness (QED) is 0.193. The lowest BCUT2D eigenvalue weighted by molar-refractivity contribution is 0.872. The highest BCUT2D eigenvalue weighted by Crippen LogP contribution is 2.43. The van der Waals surface area contributed by atoms with Gasteiger partial charge in [-0.1, -0.05) is 84.9 Å².